The Morgan fingerprint density at radius 2 is 1.62 bits per heavy atom. The normalized spacial score (nSPS) is 8.56. The van der Waals surface area contributed by atoms with Crippen LogP contribution < -0.4 is 10.6 Å². The van der Waals surface area contributed by atoms with E-state index in [1.165, 1.54) is 6.08 Å². The maximum Gasteiger partial charge on any atom is 0.295 e. The van der Waals surface area contributed by atoms with Gasteiger partial charge in [0.25, 0.3) is 5.91 Å². The van der Waals surface area contributed by atoms with Crippen LogP contribution in [0.5, 0.6) is 0 Å². The molecule has 0 radical (unpaired) electrons. The first kappa shape index (κ1) is 16.7. The lowest BCUT2D eigenvalue weighted by atomic mass is 10.4. The van der Waals surface area contributed by atoms with Crippen molar-refractivity contribution < 1.29 is 9.59 Å². The predicted molar refractivity (Wildman–Crippen MR) is 65.6 cm³/mol. The summed E-state index contributed by atoms with van der Waals surface area (Å²) in [5.74, 6) is 1.49. The average Bonchev–Trinajstić information content (AvgIpc) is 2.16. The zero-order valence-corrected chi connectivity index (χ0v) is 10.3. The molecule has 0 atom stereocenters. The molecular formula is C12H20N2O2. The van der Waals surface area contributed by atoms with Gasteiger partial charge in [-0.3, -0.25) is 9.59 Å². The highest BCUT2D eigenvalue weighted by atomic mass is 16.2. The van der Waals surface area contributed by atoms with Crippen molar-refractivity contribution in [2.24, 2.45) is 0 Å². The summed E-state index contributed by atoms with van der Waals surface area (Å²) in [4.78, 5) is 20.7. The molecule has 0 bridgehead atoms. The molecule has 0 aliphatic carbocycles. The third-order valence-electron chi connectivity index (χ3n) is 1.17. The Labute approximate surface area is 97.5 Å². The molecule has 2 N–H and O–H groups in total. The second-order valence-corrected chi connectivity index (χ2v) is 3.64. The molecule has 0 unspecified atom stereocenters. The van der Waals surface area contributed by atoms with Crippen molar-refractivity contribution in [1.29, 1.82) is 0 Å². The molecule has 0 saturated carbocycles. The molecular weight excluding hydrogens is 204 g/mol. The van der Waals surface area contributed by atoms with E-state index in [4.69, 9.17) is 6.42 Å². The van der Waals surface area contributed by atoms with Crippen molar-refractivity contribution in [3.8, 4) is 12.3 Å². The third kappa shape index (κ3) is 14.7. The summed E-state index contributed by atoms with van der Waals surface area (Å²) in [5, 5.41) is 5.15. The molecule has 0 spiro atoms. The van der Waals surface area contributed by atoms with Crippen molar-refractivity contribution in [1.82, 2.24) is 10.6 Å². The number of carbonyl (C=O) groups excluding carboxylic acids is 2. The summed E-state index contributed by atoms with van der Waals surface area (Å²) in [6, 6.07) is 0.346. The zero-order valence-electron chi connectivity index (χ0n) is 10.3. The summed E-state index contributed by atoms with van der Waals surface area (Å²) in [6.45, 7) is 10.8. The fourth-order valence-electron chi connectivity index (χ4n) is 0.647. The van der Waals surface area contributed by atoms with Crippen LogP contribution in [-0.4, -0.2) is 23.9 Å². The lowest BCUT2D eigenvalue weighted by Crippen LogP contribution is -2.28. The van der Waals surface area contributed by atoms with Gasteiger partial charge in [0.1, 0.15) is 0 Å². The molecule has 0 aromatic rings. The van der Waals surface area contributed by atoms with Crippen LogP contribution in [0.2, 0.25) is 0 Å². The van der Waals surface area contributed by atoms with Crippen LogP contribution in [0.1, 0.15) is 27.7 Å². The smallest absolute Gasteiger partial charge is 0.295 e. The summed E-state index contributed by atoms with van der Waals surface area (Å²) in [5.41, 5.74) is 0. The van der Waals surface area contributed by atoms with Gasteiger partial charge in [0.2, 0.25) is 5.91 Å². The molecule has 90 valence electrons. The minimum Gasteiger partial charge on any atom is -0.350 e. The Morgan fingerprint density at radius 3 is 1.75 bits per heavy atom. The number of amides is 2. The van der Waals surface area contributed by atoms with Gasteiger partial charge in [-0.05, 0) is 39.7 Å². The first-order valence-electron chi connectivity index (χ1n) is 5.03. The van der Waals surface area contributed by atoms with Crippen LogP contribution in [0.3, 0.4) is 0 Å². The Balaban J connectivity index is 0. The number of carbonyl (C=O) groups is 2. The summed E-state index contributed by atoms with van der Waals surface area (Å²) in [6.07, 6.45) is 6.02. The van der Waals surface area contributed by atoms with E-state index in [1.54, 1.807) is 0 Å². The molecule has 0 rings (SSSR count). The second-order valence-electron chi connectivity index (χ2n) is 3.64. The molecule has 0 heterocycles. The quantitative estimate of drug-likeness (QED) is 0.551. The first-order chi connectivity index (χ1) is 7.33. The van der Waals surface area contributed by atoms with Crippen LogP contribution in [0.15, 0.2) is 12.7 Å². The van der Waals surface area contributed by atoms with E-state index in [-0.39, 0.29) is 23.9 Å². The molecule has 2 amide bonds. The van der Waals surface area contributed by atoms with E-state index in [9.17, 15) is 9.59 Å². The number of terminal acetylenes is 1. The molecule has 0 aliphatic heterocycles. The number of hydrogen-bond acceptors (Lipinski definition) is 2. The van der Waals surface area contributed by atoms with Crippen molar-refractivity contribution in [2.45, 2.75) is 39.8 Å². The zero-order chi connectivity index (χ0) is 13.1. The van der Waals surface area contributed by atoms with Crippen LogP contribution >= 0.6 is 0 Å². The van der Waals surface area contributed by atoms with Gasteiger partial charge in [-0.15, -0.1) is 6.42 Å². The molecule has 0 aromatic heterocycles. The highest BCUT2D eigenvalue weighted by Crippen LogP contribution is 1.75. The molecule has 0 saturated heterocycles. The van der Waals surface area contributed by atoms with Gasteiger partial charge in [0.05, 0.1) is 0 Å². The summed E-state index contributed by atoms with van der Waals surface area (Å²) in [7, 11) is 0. The lowest BCUT2D eigenvalue weighted by Gasteiger charge is -2.02. The fourth-order valence-corrected chi connectivity index (χ4v) is 0.647. The van der Waals surface area contributed by atoms with E-state index in [0.717, 1.165) is 0 Å². The van der Waals surface area contributed by atoms with Crippen LogP contribution in [0.4, 0.5) is 0 Å². The van der Waals surface area contributed by atoms with Crippen LogP contribution in [0, 0.1) is 12.3 Å². The molecule has 0 aliphatic rings. The standard InChI is InChI=1S/C6H11NO.C6H9NO/c2*1-4-6(8)7-5(2)3/h4-5H,1H2,2-3H3,(H,7,8);1,5H,2-3H3,(H,7,8). The fraction of sp³-hybridized carbons (Fsp3) is 0.500. The van der Waals surface area contributed by atoms with Gasteiger partial charge in [0, 0.05) is 12.1 Å². The van der Waals surface area contributed by atoms with Gasteiger partial charge in [-0.25, -0.2) is 0 Å². The number of nitrogens with one attached hydrogen (secondary N) is 2. The Kier molecular flexibility index (Phi) is 10.2. The van der Waals surface area contributed by atoms with E-state index >= 15 is 0 Å². The third-order valence-corrected chi connectivity index (χ3v) is 1.17. The Bertz CT molecular complexity index is 275. The minimum absolute atomic E-state index is 0.111. The van der Waals surface area contributed by atoms with Gasteiger partial charge in [-0.2, -0.15) is 0 Å². The highest BCUT2D eigenvalue weighted by Gasteiger charge is 1.94. The SMILES string of the molecule is C#CC(=O)NC(C)C.C=CC(=O)NC(C)C. The predicted octanol–water partition coefficient (Wildman–Crippen LogP) is 0.841. The van der Waals surface area contributed by atoms with E-state index < -0.39 is 0 Å². The van der Waals surface area contributed by atoms with Crippen molar-refractivity contribution >= 4 is 11.8 Å². The van der Waals surface area contributed by atoms with E-state index in [1.807, 2.05) is 33.6 Å². The van der Waals surface area contributed by atoms with Crippen molar-refractivity contribution in [3.05, 3.63) is 12.7 Å². The first-order valence-corrected chi connectivity index (χ1v) is 5.03. The minimum atomic E-state index is -0.347. The van der Waals surface area contributed by atoms with Gasteiger partial charge in [-0.1, -0.05) is 6.58 Å². The van der Waals surface area contributed by atoms with Crippen molar-refractivity contribution in [3.63, 3.8) is 0 Å². The number of hydrogen-bond donors (Lipinski definition) is 2. The maximum atomic E-state index is 10.4. The number of rotatable bonds is 3. The molecule has 4 heteroatoms. The second kappa shape index (κ2) is 9.78. The van der Waals surface area contributed by atoms with Crippen molar-refractivity contribution in [2.75, 3.05) is 0 Å². The van der Waals surface area contributed by atoms with Crippen LogP contribution in [0.25, 0.3) is 0 Å². The van der Waals surface area contributed by atoms with Gasteiger partial charge >= 0.3 is 0 Å². The topological polar surface area (TPSA) is 58.2 Å². The molecule has 0 aromatic carbocycles. The average molecular weight is 224 g/mol. The van der Waals surface area contributed by atoms with E-state index in [2.05, 4.69) is 17.2 Å². The largest absolute Gasteiger partial charge is 0.350 e. The van der Waals surface area contributed by atoms with Crippen LogP contribution in [-0.2, 0) is 9.59 Å². The summed E-state index contributed by atoms with van der Waals surface area (Å²) < 4.78 is 0. The van der Waals surface area contributed by atoms with Gasteiger partial charge < -0.3 is 10.6 Å². The summed E-state index contributed by atoms with van der Waals surface area (Å²) >= 11 is 0. The molecule has 4 nitrogen and oxygen atoms in total. The Hall–Kier alpha value is -1.76. The Morgan fingerprint density at radius 1 is 1.19 bits per heavy atom. The van der Waals surface area contributed by atoms with E-state index in [0.29, 0.717) is 0 Å². The molecule has 16 heavy (non-hydrogen) atoms. The lowest BCUT2D eigenvalue weighted by molar-refractivity contribution is -0.117. The molecule has 0 fully saturated rings. The maximum absolute atomic E-state index is 10.4. The van der Waals surface area contributed by atoms with Gasteiger partial charge in [0.15, 0.2) is 0 Å². The monoisotopic (exact) mass is 224 g/mol. The highest BCUT2D eigenvalue weighted by molar-refractivity contribution is 5.92.